The van der Waals surface area contributed by atoms with E-state index in [1.165, 1.54) is 18.4 Å². The van der Waals surface area contributed by atoms with Crippen molar-refractivity contribution in [1.82, 2.24) is 29.5 Å². The Kier molecular flexibility index (Phi) is 6.70. The van der Waals surface area contributed by atoms with Gasteiger partial charge in [0.2, 0.25) is 5.95 Å². The number of rotatable bonds is 9. The van der Waals surface area contributed by atoms with Crippen LogP contribution in [-0.2, 0) is 6.42 Å². The highest BCUT2D eigenvalue weighted by molar-refractivity contribution is 5.61. The SMILES string of the molecule is [2H]C([2H])[C@H](CCC)Nc1nc(N)c2ncc(Cc3cnc(N4CCC(CN(C)C)CC4)c(C)c3)n2n1. The van der Waals surface area contributed by atoms with Crippen LogP contribution < -0.4 is 16.0 Å². The lowest BCUT2D eigenvalue weighted by molar-refractivity contribution is 0.284. The van der Waals surface area contributed by atoms with Gasteiger partial charge >= 0.3 is 0 Å². The zero-order valence-electron chi connectivity index (χ0n) is 22.8. The van der Waals surface area contributed by atoms with Gasteiger partial charge in [0.15, 0.2) is 11.5 Å². The maximum atomic E-state index is 7.80. The molecule has 184 valence electrons. The van der Waals surface area contributed by atoms with E-state index >= 15 is 0 Å². The molecule has 0 aliphatic carbocycles. The summed E-state index contributed by atoms with van der Waals surface area (Å²) >= 11 is 0. The number of nitrogens with one attached hydrogen (secondary N) is 1. The maximum absolute atomic E-state index is 7.80. The molecule has 1 saturated heterocycles. The number of anilines is 3. The van der Waals surface area contributed by atoms with E-state index in [1.807, 2.05) is 13.1 Å². The largest absolute Gasteiger partial charge is 0.380 e. The van der Waals surface area contributed by atoms with E-state index in [1.54, 1.807) is 10.7 Å². The van der Waals surface area contributed by atoms with E-state index in [9.17, 15) is 0 Å². The Morgan fingerprint density at radius 3 is 2.74 bits per heavy atom. The molecule has 0 unspecified atom stereocenters. The topological polar surface area (TPSA) is 100 Å². The highest BCUT2D eigenvalue weighted by atomic mass is 15.3. The summed E-state index contributed by atoms with van der Waals surface area (Å²) < 4.78 is 17.3. The first-order chi connectivity index (χ1) is 17.2. The minimum Gasteiger partial charge on any atom is -0.380 e. The van der Waals surface area contributed by atoms with E-state index < -0.39 is 6.88 Å². The lowest BCUT2D eigenvalue weighted by atomic mass is 9.96. The van der Waals surface area contributed by atoms with Gasteiger partial charge in [-0.25, -0.2) is 14.5 Å². The fraction of sp³-hybridized carbons (Fsp3) is 0.600. The van der Waals surface area contributed by atoms with Crippen molar-refractivity contribution < 1.29 is 2.74 Å². The smallest absolute Gasteiger partial charge is 0.243 e. The third-order valence-electron chi connectivity index (χ3n) is 6.40. The molecule has 34 heavy (non-hydrogen) atoms. The lowest BCUT2D eigenvalue weighted by Gasteiger charge is -2.34. The van der Waals surface area contributed by atoms with E-state index in [0.29, 0.717) is 24.4 Å². The average Bonchev–Trinajstić information content (AvgIpc) is 3.22. The van der Waals surface area contributed by atoms with Gasteiger partial charge < -0.3 is 20.9 Å². The van der Waals surface area contributed by atoms with Gasteiger partial charge in [-0.3, -0.25) is 0 Å². The highest BCUT2D eigenvalue weighted by Gasteiger charge is 2.22. The third kappa shape index (κ3) is 5.58. The number of nitrogen functional groups attached to an aromatic ring is 1. The molecule has 0 aromatic carbocycles. The second kappa shape index (κ2) is 10.5. The zero-order valence-corrected chi connectivity index (χ0v) is 20.8. The molecule has 9 heteroatoms. The molecule has 0 amide bonds. The monoisotopic (exact) mass is 467 g/mol. The number of nitrogens with zero attached hydrogens (tertiary/aromatic N) is 7. The van der Waals surface area contributed by atoms with Crippen LogP contribution >= 0.6 is 0 Å². The van der Waals surface area contributed by atoms with Crippen molar-refractivity contribution in [3.8, 4) is 0 Å². The van der Waals surface area contributed by atoms with Crippen LogP contribution in [-0.4, -0.2) is 69.2 Å². The van der Waals surface area contributed by atoms with Crippen LogP contribution in [0.25, 0.3) is 5.65 Å². The molecule has 3 aromatic heterocycles. The van der Waals surface area contributed by atoms with Crippen molar-refractivity contribution >= 4 is 23.2 Å². The Morgan fingerprint density at radius 2 is 2.06 bits per heavy atom. The van der Waals surface area contributed by atoms with E-state index in [2.05, 4.69) is 57.3 Å². The number of fused-ring (bicyclic) bond motifs is 1. The first-order valence-electron chi connectivity index (χ1n) is 13.4. The van der Waals surface area contributed by atoms with Crippen LogP contribution in [0.4, 0.5) is 17.6 Å². The summed E-state index contributed by atoms with van der Waals surface area (Å²) in [5, 5.41) is 7.70. The number of aromatic nitrogens is 5. The second-order valence-electron chi connectivity index (χ2n) is 9.70. The molecule has 0 bridgehead atoms. The van der Waals surface area contributed by atoms with Crippen LogP contribution in [0.3, 0.4) is 0 Å². The van der Waals surface area contributed by atoms with Gasteiger partial charge in [0.25, 0.3) is 0 Å². The Hall–Kier alpha value is -2.94. The minimum atomic E-state index is -1.03. The van der Waals surface area contributed by atoms with Crippen molar-refractivity contribution in [1.29, 1.82) is 0 Å². The summed E-state index contributed by atoms with van der Waals surface area (Å²) in [5.41, 5.74) is 9.78. The van der Waals surface area contributed by atoms with Crippen LogP contribution in [0, 0.1) is 12.8 Å². The number of piperidine rings is 1. The molecule has 1 fully saturated rings. The van der Waals surface area contributed by atoms with E-state index in [0.717, 1.165) is 49.0 Å². The number of imidazole rings is 1. The zero-order chi connectivity index (χ0) is 25.8. The molecule has 0 spiro atoms. The fourth-order valence-corrected chi connectivity index (χ4v) is 4.79. The molecule has 1 atom stereocenters. The molecule has 4 heterocycles. The van der Waals surface area contributed by atoms with Crippen LogP contribution in [0.15, 0.2) is 18.5 Å². The second-order valence-corrected chi connectivity index (χ2v) is 9.70. The molecule has 4 rings (SSSR count). The fourth-order valence-electron chi connectivity index (χ4n) is 4.79. The van der Waals surface area contributed by atoms with Gasteiger partial charge in [0.05, 0.1) is 11.9 Å². The summed E-state index contributed by atoms with van der Waals surface area (Å²) in [7, 11) is 4.29. The summed E-state index contributed by atoms with van der Waals surface area (Å²) in [5.74, 6) is 2.40. The summed E-state index contributed by atoms with van der Waals surface area (Å²) in [4.78, 5) is 18.3. The standard InChI is InChI=1S/C25H39N9/c1-6-7-18(3)29-25-30-22(26)24-28-15-21(34(24)31-25)13-20-12-17(2)23(27-14-20)33-10-8-19(9-11-33)16-32(4)5/h12,14-15,18-19H,6-11,13,16H2,1-5H3,(H3,26,29,30,31)/t18-/m1/s1/i3D2. The molecule has 0 radical (unpaired) electrons. The van der Waals surface area contributed by atoms with Gasteiger partial charge in [0, 0.05) is 41.0 Å². The first-order valence-corrected chi connectivity index (χ1v) is 12.2. The Bertz CT molecular complexity index is 1160. The van der Waals surface area contributed by atoms with Crippen molar-refractivity contribution in [3.05, 3.63) is 35.3 Å². The number of hydrogen-bond donors (Lipinski definition) is 2. The highest BCUT2D eigenvalue weighted by Crippen LogP contribution is 2.26. The van der Waals surface area contributed by atoms with E-state index in [4.69, 9.17) is 13.5 Å². The van der Waals surface area contributed by atoms with Gasteiger partial charge in [-0.15, -0.1) is 5.10 Å². The molecule has 1 aliphatic heterocycles. The van der Waals surface area contributed by atoms with Crippen molar-refractivity contribution in [3.63, 3.8) is 0 Å². The predicted octanol–water partition coefficient (Wildman–Crippen LogP) is 3.38. The summed E-state index contributed by atoms with van der Waals surface area (Å²) in [6, 6.07) is 1.82. The number of hydrogen-bond acceptors (Lipinski definition) is 8. The van der Waals surface area contributed by atoms with Crippen LogP contribution in [0.1, 0.15) is 59.0 Å². The number of pyridine rings is 1. The molecule has 1 aliphatic rings. The van der Waals surface area contributed by atoms with Crippen LogP contribution in [0.5, 0.6) is 0 Å². The molecular formula is C25H39N9. The van der Waals surface area contributed by atoms with Gasteiger partial charge in [-0.1, -0.05) is 19.4 Å². The number of nitrogens with two attached hydrogens (primary N) is 1. The van der Waals surface area contributed by atoms with Gasteiger partial charge in [0.1, 0.15) is 5.82 Å². The average molecular weight is 468 g/mol. The van der Waals surface area contributed by atoms with Crippen molar-refractivity contribution in [2.75, 3.05) is 49.7 Å². The van der Waals surface area contributed by atoms with Gasteiger partial charge in [-0.2, -0.15) is 4.98 Å². The molecule has 0 saturated carbocycles. The molecule has 9 nitrogen and oxygen atoms in total. The minimum absolute atomic E-state index is 0.267. The summed E-state index contributed by atoms with van der Waals surface area (Å²) in [6.45, 7) is 6.36. The number of aryl methyl sites for hydroxylation is 1. The third-order valence-corrected chi connectivity index (χ3v) is 6.40. The van der Waals surface area contributed by atoms with Gasteiger partial charge in [-0.05, 0) is 64.2 Å². The quantitative estimate of drug-likeness (QED) is 0.494. The molecule has 3 aromatic rings. The Balaban J connectivity index is 1.49. The Morgan fingerprint density at radius 1 is 1.26 bits per heavy atom. The van der Waals surface area contributed by atoms with Crippen LogP contribution in [0.2, 0.25) is 0 Å². The molecule has 3 N–H and O–H groups in total. The van der Waals surface area contributed by atoms with E-state index in [-0.39, 0.29) is 11.9 Å². The van der Waals surface area contributed by atoms with Crippen molar-refractivity contribution in [2.24, 2.45) is 5.92 Å². The summed E-state index contributed by atoms with van der Waals surface area (Å²) in [6.07, 6.45) is 8.25. The first kappa shape index (κ1) is 21.6. The molecular weight excluding hydrogens is 426 g/mol. The lowest BCUT2D eigenvalue weighted by Crippen LogP contribution is -2.37. The maximum Gasteiger partial charge on any atom is 0.243 e. The van der Waals surface area contributed by atoms with Crippen molar-refractivity contribution in [2.45, 2.75) is 58.9 Å². The predicted molar refractivity (Wildman–Crippen MR) is 138 cm³/mol. The Labute approximate surface area is 205 Å². The normalized spacial score (nSPS) is 16.8.